The van der Waals surface area contributed by atoms with Crippen LogP contribution in [0.25, 0.3) is 10.9 Å². The summed E-state index contributed by atoms with van der Waals surface area (Å²) < 4.78 is 1.58. The average molecular weight is 311 g/mol. The van der Waals surface area contributed by atoms with Gasteiger partial charge >= 0.3 is 0 Å². The summed E-state index contributed by atoms with van der Waals surface area (Å²) in [4.78, 5) is 26.9. The number of aromatic nitrogens is 3. The lowest BCUT2D eigenvalue weighted by Crippen LogP contribution is -2.43. The van der Waals surface area contributed by atoms with E-state index in [1.54, 1.807) is 10.7 Å². The molecule has 3 aromatic rings. The fourth-order valence-corrected chi connectivity index (χ4v) is 2.40. The average Bonchev–Trinajstić information content (AvgIpc) is 3.08. The number of carbonyl (C=O) groups is 2. The van der Waals surface area contributed by atoms with Crippen molar-refractivity contribution in [1.29, 1.82) is 0 Å². The predicted molar refractivity (Wildman–Crippen MR) is 85.6 cm³/mol. The van der Waals surface area contributed by atoms with Crippen molar-refractivity contribution in [2.24, 2.45) is 0 Å². The second-order valence-corrected chi connectivity index (χ2v) is 5.36. The van der Waals surface area contributed by atoms with E-state index >= 15 is 0 Å². The number of hydrogen-bond donors (Lipinski definition) is 3. The lowest BCUT2D eigenvalue weighted by atomic mass is 10.2. The molecule has 2 heterocycles. The van der Waals surface area contributed by atoms with Crippen molar-refractivity contribution in [1.82, 2.24) is 25.6 Å². The van der Waals surface area contributed by atoms with Gasteiger partial charge in [0, 0.05) is 16.6 Å². The van der Waals surface area contributed by atoms with Crippen LogP contribution in [0.4, 0.5) is 0 Å². The normalized spacial score (nSPS) is 10.7. The number of aromatic amines is 1. The second kappa shape index (κ2) is 5.96. The number of rotatable bonds is 3. The number of benzene rings is 1. The van der Waals surface area contributed by atoms with Gasteiger partial charge in [0.15, 0.2) is 0 Å². The van der Waals surface area contributed by atoms with Crippen molar-refractivity contribution in [2.45, 2.75) is 20.4 Å². The Morgan fingerprint density at radius 3 is 2.65 bits per heavy atom. The van der Waals surface area contributed by atoms with Gasteiger partial charge in [-0.3, -0.25) is 25.1 Å². The van der Waals surface area contributed by atoms with E-state index in [9.17, 15) is 9.59 Å². The van der Waals surface area contributed by atoms with Crippen LogP contribution in [0, 0.1) is 13.8 Å². The summed E-state index contributed by atoms with van der Waals surface area (Å²) in [5.74, 6) is -0.747. The molecule has 0 spiro atoms. The Bertz CT molecular complexity index is 845. The zero-order valence-corrected chi connectivity index (χ0v) is 12.9. The first kappa shape index (κ1) is 14.8. The highest BCUT2D eigenvalue weighted by molar-refractivity contribution is 5.98. The topological polar surface area (TPSA) is 91.8 Å². The van der Waals surface area contributed by atoms with Gasteiger partial charge < -0.3 is 4.98 Å². The summed E-state index contributed by atoms with van der Waals surface area (Å²) in [6, 6.07) is 11.2. The number of H-pyrrole nitrogens is 1. The third-order valence-electron chi connectivity index (χ3n) is 3.49. The van der Waals surface area contributed by atoms with Gasteiger partial charge in [-0.15, -0.1) is 0 Å². The van der Waals surface area contributed by atoms with Crippen molar-refractivity contribution in [2.75, 3.05) is 0 Å². The molecule has 2 aromatic heterocycles. The van der Waals surface area contributed by atoms with Crippen molar-refractivity contribution < 1.29 is 9.59 Å². The zero-order chi connectivity index (χ0) is 16.4. The second-order valence-electron chi connectivity index (χ2n) is 5.36. The molecule has 7 heteroatoms. The van der Waals surface area contributed by atoms with Crippen molar-refractivity contribution in [3.8, 4) is 0 Å². The Morgan fingerprint density at radius 2 is 1.96 bits per heavy atom. The highest BCUT2D eigenvalue weighted by atomic mass is 16.2. The molecule has 1 aromatic carbocycles. The van der Waals surface area contributed by atoms with Crippen LogP contribution in [0.5, 0.6) is 0 Å². The van der Waals surface area contributed by atoms with Gasteiger partial charge in [0.25, 0.3) is 11.8 Å². The molecule has 2 amide bonds. The summed E-state index contributed by atoms with van der Waals surface area (Å²) in [5.41, 5.74) is 7.77. The molecular weight excluding hydrogens is 294 g/mol. The molecule has 0 aliphatic rings. The maximum atomic E-state index is 12.1. The quantitative estimate of drug-likeness (QED) is 0.639. The van der Waals surface area contributed by atoms with E-state index in [-0.39, 0.29) is 12.5 Å². The Labute approximate surface area is 132 Å². The first-order chi connectivity index (χ1) is 11.0. The van der Waals surface area contributed by atoms with Gasteiger partial charge in [-0.25, -0.2) is 0 Å². The first-order valence-corrected chi connectivity index (χ1v) is 7.21. The third kappa shape index (κ3) is 3.23. The standard InChI is InChI=1S/C16H17N5O2/c1-10-7-11(2)21(20-10)9-15(22)18-19-16(23)14-8-12-5-3-4-6-13(12)17-14/h3-8,17H,9H2,1-2H3,(H,18,22)(H,19,23). The number of aryl methyl sites for hydroxylation is 2. The number of carbonyl (C=O) groups excluding carboxylic acids is 2. The van der Waals surface area contributed by atoms with Crippen LogP contribution >= 0.6 is 0 Å². The van der Waals surface area contributed by atoms with Crippen LogP contribution in [-0.2, 0) is 11.3 Å². The van der Waals surface area contributed by atoms with Crippen LogP contribution in [0.2, 0.25) is 0 Å². The van der Waals surface area contributed by atoms with Crippen molar-refractivity contribution in [3.63, 3.8) is 0 Å². The fraction of sp³-hybridized carbons (Fsp3) is 0.188. The van der Waals surface area contributed by atoms with Gasteiger partial charge in [0.1, 0.15) is 12.2 Å². The van der Waals surface area contributed by atoms with Gasteiger partial charge in [-0.1, -0.05) is 18.2 Å². The van der Waals surface area contributed by atoms with E-state index in [0.29, 0.717) is 5.69 Å². The Kier molecular flexibility index (Phi) is 3.84. The molecule has 0 aliphatic carbocycles. The monoisotopic (exact) mass is 311 g/mol. The number of amides is 2. The summed E-state index contributed by atoms with van der Waals surface area (Å²) in [6.45, 7) is 3.78. The van der Waals surface area contributed by atoms with E-state index in [2.05, 4.69) is 20.9 Å². The number of fused-ring (bicyclic) bond motifs is 1. The van der Waals surface area contributed by atoms with E-state index in [1.807, 2.05) is 44.2 Å². The lowest BCUT2D eigenvalue weighted by Gasteiger charge is -2.07. The number of hydrazine groups is 1. The maximum Gasteiger partial charge on any atom is 0.286 e. The van der Waals surface area contributed by atoms with Crippen LogP contribution in [0.15, 0.2) is 36.4 Å². The zero-order valence-electron chi connectivity index (χ0n) is 12.9. The summed E-state index contributed by atoms with van der Waals surface area (Å²) in [5, 5.41) is 5.14. The van der Waals surface area contributed by atoms with Gasteiger partial charge in [-0.05, 0) is 32.0 Å². The van der Waals surface area contributed by atoms with Crippen molar-refractivity contribution >= 4 is 22.7 Å². The molecule has 0 aliphatic heterocycles. The Hall–Kier alpha value is -3.09. The summed E-state index contributed by atoms with van der Waals surface area (Å²) >= 11 is 0. The van der Waals surface area contributed by atoms with E-state index in [0.717, 1.165) is 22.3 Å². The lowest BCUT2D eigenvalue weighted by molar-refractivity contribution is -0.122. The molecule has 0 unspecified atom stereocenters. The number of nitrogens with zero attached hydrogens (tertiary/aromatic N) is 2. The Morgan fingerprint density at radius 1 is 1.17 bits per heavy atom. The minimum atomic E-state index is -0.400. The van der Waals surface area contributed by atoms with Crippen LogP contribution in [0.1, 0.15) is 21.9 Å². The van der Waals surface area contributed by atoms with Gasteiger partial charge in [0.05, 0.1) is 5.69 Å². The molecule has 3 rings (SSSR count). The molecule has 0 saturated heterocycles. The molecule has 0 fully saturated rings. The molecule has 7 nitrogen and oxygen atoms in total. The molecule has 0 bridgehead atoms. The molecule has 0 radical (unpaired) electrons. The number of hydrogen-bond acceptors (Lipinski definition) is 3. The van der Waals surface area contributed by atoms with Gasteiger partial charge in [0.2, 0.25) is 0 Å². The van der Waals surface area contributed by atoms with Crippen LogP contribution in [0.3, 0.4) is 0 Å². The largest absolute Gasteiger partial charge is 0.350 e. The summed E-state index contributed by atoms with van der Waals surface area (Å²) in [6.07, 6.45) is 0. The highest BCUT2D eigenvalue weighted by Gasteiger charge is 2.11. The van der Waals surface area contributed by atoms with E-state index < -0.39 is 5.91 Å². The van der Waals surface area contributed by atoms with E-state index in [4.69, 9.17) is 0 Å². The predicted octanol–water partition coefficient (Wildman–Crippen LogP) is 1.44. The molecule has 3 N–H and O–H groups in total. The first-order valence-electron chi connectivity index (χ1n) is 7.21. The maximum absolute atomic E-state index is 12.1. The highest BCUT2D eigenvalue weighted by Crippen LogP contribution is 2.14. The SMILES string of the molecule is Cc1cc(C)n(CC(=O)NNC(=O)c2cc3ccccc3[nH]2)n1. The summed E-state index contributed by atoms with van der Waals surface area (Å²) in [7, 11) is 0. The number of nitrogens with one attached hydrogen (secondary N) is 3. The van der Waals surface area contributed by atoms with Crippen LogP contribution in [-0.4, -0.2) is 26.6 Å². The van der Waals surface area contributed by atoms with Gasteiger partial charge in [-0.2, -0.15) is 5.10 Å². The smallest absolute Gasteiger partial charge is 0.286 e. The minimum absolute atomic E-state index is 0.0483. The Balaban J connectivity index is 1.60. The third-order valence-corrected chi connectivity index (χ3v) is 3.49. The van der Waals surface area contributed by atoms with Crippen LogP contribution < -0.4 is 10.9 Å². The fourth-order valence-electron chi connectivity index (χ4n) is 2.40. The molecule has 0 saturated carbocycles. The minimum Gasteiger partial charge on any atom is -0.350 e. The number of para-hydroxylation sites is 1. The molecular formula is C16H17N5O2. The molecule has 0 atom stereocenters. The molecule has 23 heavy (non-hydrogen) atoms. The molecule has 118 valence electrons. The van der Waals surface area contributed by atoms with E-state index in [1.165, 1.54) is 0 Å². The van der Waals surface area contributed by atoms with Crippen molar-refractivity contribution in [3.05, 3.63) is 53.5 Å².